The van der Waals surface area contributed by atoms with Gasteiger partial charge in [-0.25, -0.2) is 0 Å². The lowest BCUT2D eigenvalue weighted by atomic mass is 9.83. The standard InChI is InChI=1S/C19H30O2/c1-4-18(14-17-10-6-5-7-11-17)15(2)16(3)21-19-12-8-9-13-20-19/h5-7,10-11,15-16,18-19H,4,8-9,12-14H2,1-3H3/t15-,16-,18+,19?/m1/s1. The van der Waals surface area contributed by atoms with Crippen molar-refractivity contribution in [2.45, 2.75) is 65.3 Å². The molecular weight excluding hydrogens is 260 g/mol. The Bertz CT molecular complexity index is 384. The van der Waals surface area contributed by atoms with Gasteiger partial charge in [0.25, 0.3) is 0 Å². The second-order valence-electron chi connectivity index (χ2n) is 6.35. The molecule has 0 amide bonds. The summed E-state index contributed by atoms with van der Waals surface area (Å²) in [5, 5.41) is 0. The lowest BCUT2D eigenvalue weighted by Gasteiger charge is -2.32. The summed E-state index contributed by atoms with van der Waals surface area (Å²) in [6.45, 7) is 7.67. The molecule has 2 rings (SSSR count). The van der Waals surface area contributed by atoms with Crippen LogP contribution in [0.25, 0.3) is 0 Å². The highest BCUT2D eigenvalue weighted by Gasteiger charge is 2.26. The topological polar surface area (TPSA) is 18.5 Å². The van der Waals surface area contributed by atoms with Crippen LogP contribution in [0.3, 0.4) is 0 Å². The first-order valence-electron chi connectivity index (χ1n) is 8.51. The van der Waals surface area contributed by atoms with E-state index in [1.807, 2.05) is 0 Å². The second-order valence-corrected chi connectivity index (χ2v) is 6.35. The first-order valence-corrected chi connectivity index (χ1v) is 8.51. The summed E-state index contributed by atoms with van der Waals surface area (Å²) >= 11 is 0. The summed E-state index contributed by atoms with van der Waals surface area (Å²) < 4.78 is 11.9. The molecule has 2 nitrogen and oxygen atoms in total. The number of hydrogen-bond acceptors (Lipinski definition) is 2. The van der Waals surface area contributed by atoms with Crippen molar-refractivity contribution in [1.29, 1.82) is 0 Å². The van der Waals surface area contributed by atoms with Crippen LogP contribution in [0.4, 0.5) is 0 Å². The molecule has 1 heterocycles. The summed E-state index contributed by atoms with van der Waals surface area (Å²) in [7, 11) is 0. The average Bonchev–Trinajstić information content (AvgIpc) is 2.54. The lowest BCUT2D eigenvalue weighted by molar-refractivity contribution is -0.196. The van der Waals surface area contributed by atoms with Gasteiger partial charge in [-0.2, -0.15) is 0 Å². The Morgan fingerprint density at radius 2 is 1.95 bits per heavy atom. The predicted molar refractivity (Wildman–Crippen MR) is 87.2 cm³/mol. The molecule has 1 aromatic carbocycles. The van der Waals surface area contributed by atoms with E-state index in [-0.39, 0.29) is 12.4 Å². The van der Waals surface area contributed by atoms with Crippen LogP contribution in [0.1, 0.15) is 52.0 Å². The molecule has 0 bridgehead atoms. The van der Waals surface area contributed by atoms with Crippen LogP contribution in [0, 0.1) is 11.8 Å². The zero-order valence-corrected chi connectivity index (χ0v) is 13.8. The van der Waals surface area contributed by atoms with Gasteiger partial charge in [-0.3, -0.25) is 0 Å². The quantitative estimate of drug-likeness (QED) is 0.716. The van der Waals surface area contributed by atoms with Crippen molar-refractivity contribution in [3.63, 3.8) is 0 Å². The van der Waals surface area contributed by atoms with Gasteiger partial charge >= 0.3 is 0 Å². The molecule has 1 fully saturated rings. The molecule has 0 aliphatic carbocycles. The Balaban J connectivity index is 1.87. The van der Waals surface area contributed by atoms with Gasteiger partial charge in [-0.15, -0.1) is 0 Å². The van der Waals surface area contributed by atoms with Crippen LogP contribution in [0.15, 0.2) is 30.3 Å². The Morgan fingerprint density at radius 3 is 2.57 bits per heavy atom. The maximum atomic E-state index is 6.15. The van der Waals surface area contributed by atoms with Crippen LogP contribution >= 0.6 is 0 Å². The van der Waals surface area contributed by atoms with E-state index in [1.165, 1.54) is 24.8 Å². The highest BCUT2D eigenvalue weighted by Crippen LogP contribution is 2.27. The van der Waals surface area contributed by atoms with E-state index in [4.69, 9.17) is 9.47 Å². The van der Waals surface area contributed by atoms with Crippen molar-refractivity contribution in [1.82, 2.24) is 0 Å². The van der Waals surface area contributed by atoms with Gasteiger partial charge in [0.1, 0.15) is 0 Å². The van der Waals surface area contributed by atoms with E-state index >= 15 is 0 Å². The Morgan fingerprint density at radius 1 is 1.19 bits per heavy atom. The van der Waals surface area contributed by atoms with Crippen molar-refractivity contribution in [3.8, 4) is 0 Å². The molecular formula is C19H30O2. The van der Waals surface area contributed by atoms with Gasteiger partial charge in [-0.05, 0) is 50.0 Å². The van der Waals surface area contributed by atoms with Crippen LogP contribution in [-0.2, 0) is 15.9 Å². The molecule has 0 radical (unpaired) electrons. The molecule has 1 aromatic rings. The highest BCUT2D eigenvalue weighted by molar-refractivity contribution is 5.15. The zero-order valence-electron chi connectivity index (χ0n) is 13.8. The zero-order chi connectivity index (χ0) is 15.1. The predicted octanol–water partition coefficient (Wildman–Crippen LogP) is 4.82. The van der Waals surface area contributed by atoms with Crippen molar-refractivity contribution >= 4 is 0 Å². The van der Waals surface area contributed by atoms with E-state index in [1.54, 1.807) is 0 Å². The molecule has 1 unspecified atom stereocenters. The van der Waals surface area contributed by atoms with Gasteiger partial charge < -0.3 is 9.47 Å². The maximum Gasteiger partial charge on any atom is 0.157 e. The van der Waals surface area contributed by atoms with Crippen molar-refractivity contribution in [2.24, 2.45) is 11.8 Å². The minimum Gasteiger partial charge on any atom is -0.353 e. The van der Waals surface area contributed by atoms with E-state index in [9.17, 15) is 0 Å². The molecule has 0 N–H and O–H groups in total. The van der Waals surface area contributed by atoms with Gasteiger partial charge in [0, 0.05) is 6.61 Å². The molecule has 4 atom stereocenters. The smallest absolute Gasteiger partial charge is 0.157 e. The summed E-state index contributed by atoms with van der Waals surface area (Å²) in [4.78, 5) is 0. The third-order valence-electron chi connectivity index (χ3n) is 4.85. The van der Waals surface area contributed by atoms with Crippen LogP contribution in [0.2, 0.25) is 0 Å². The van der Waals surface area contributed by atoms with Crippen molar-refractivity contribution in [3.05, 3.63) is 35.9 Å². The maximum absolute atomic E-state index is 6.15. The van der Waals surface area contributed by atoms with E-state index < -0.39 is 0 Å². The average molecular weight is 290 g/mol. The summed E-state index contributed by atoms with van der Waals surface area (Å²) in [5.74, 6) is 1.20. The Kier molecular flexibility index (Phi) is 6.72. The molecule has 0 aromatic heterocycles. The molecule has 118 valence electrons. The number of rotatable bonds is 7. The van der Waals surface area contributed by atoms with E-state index in [2.05, 4.69) is 51.1 Å². The lowest BCUT2D eigenvalue weighted by Crippen LogP contribution is -2.33. The summed E-state index contributed by atoms with van der Waals surface area (Å²) in [6.07, 6.45) is 6.05. The third-order valence-corrected chi connectivity index (χ3v) is 4.85. The van der Waals surface area contributed by atoms with Gasteiger partial charge in [-0.1, -0.05) is 50.6 Å². The van der Waals surface area contributed by atoms with Crippen molar-refractivity contribution in [2.75, 3.05) is 6.61 Å². The molecule has 1 aliphatic rings. The fourth-order valence-electron chi connectivity index (χ4n) is 3.18. The van der Waals surface area contributed by atoms with Crippen LogP contribution < -0.4 is 0 Å². The SMILES string of the molecule is CC[C@@H](Cc1ccccc1)[C@H](C)[C@@H](C)OC1CCCCO1. The van der Waals surface area contributed by atoms with E-state index in [0.717, 1.165) is 19.4 Å². The molecule has 2 heteroatoms. The fourth-order valence-corrected chi connectivity index (χ4v) is 3.18. The van der Waals surface area contributed by atoms with Gasteiger partial charge in [0.2, 0.25) is 0 Å². The number of benzene rings is 1. The molecule has 1 saturated heterocycles. The molecule has 21 heavy (non-hydrogen) atoms. The van der Waals surface area contributed by atoms with Crippen LogP contribution in [0.5, 0.6) is 0 Å². The monoisotopic (exact) mass is 290 g/mol. The van der Waals surface area contributed by atoms with Gasteiger partial charge in [0.05, 0.1) is 6.10 Å². The third kappa shape index (κ3) is 5.12. The highest BCUT2D eigenvalue weighted by atomic mass is 16.7. The summed E-state index contributed by atoms with van der Waals surface area (Å²) in [6, 6.07) is 10.8. The summed E-state index contributed by atoms with van der Waals surface area (Å²) in [5.41, 5.74) is 1.43. The molecule has 1 aliphatic heterocycles. The first kappa shape index (κ1) is 16.5. The normalized spacial score (nSPS) is 23.5. The number of ether oxygens (including phenoxy) is 2. The minimum atomic E-state index is 0.0189. The van der Waals surface area contributed by atoms with E-state index in [0.29, 0.717) is 11.8 Å². The first-order chi connectivity index (χ1) is 10.2. The largest absolute Gasteiger partial charge is 0.353 e. The minimum absolute atomic E-state index is 0.0189. The Labute approximate surface area is 129 Å². The van der Waals surface area contributed by atoms with Crippen molar-refractivity contribution < 1.29 is 9.47 Å². The second kappa shape index (κ2) is 8.55. The Hall–Kier alpha value is -0.860. The van der Waals surface area contributed by atoms with Gasteiger partial charge in [0.15, 0.2) is 6.29 Å². The number of hydrogen-bond donors (Lipinski definition) is 0. The molecule has 0 spiro atoms. The van der Waals surface area contributed by atoms with Crippen LogP contribution in [-0.4, -0.2) is 19.0 Å². The molecule has 0 saturated carbocycles. The fraction of sp³-hybridized carbons (Fsp3) is 0.684.